The molecular weight excluding hydrogens is 172 g/mol. The third kappa shape index (κ3) is 2.69. The van der Waals surface area contributed by atoms with Gasteiger partial charge in [-0.25, -0.2) is 0 Å². The van der Waals surface area contributed by atoms with Gasteiger partial charge in [-0.15, -0.1) is 0 Å². The van der Waals surface area contributed by atoms with Crippen molar-refractivity contribution in [1.29, 1.82) is 0 Å². The summed E-state index contributed by atoms with van der Waals surface area (Å²) < 4.78 is 4.84. The second-order valence-electron chi connectivity index (χ2n) is 2.88. The Morgan fingerprint density at radius 1 is 1.85 bits per heavy atom. The fourth-order valence-corrected chi connectivity index (χ4v) is 1.30. The molecule has 2 N–H and O–H groups in total. The molecule has 0 amide bonds. The highest BCUT2D eigenvalue weighted by molar-refractivity contribution is 5.91. The van der Waals surface area contributed by atoms with Gasteiger partial charge < -0.3 is 15.3 Å². The van der Waals surface area contributed by atoms with Gasteiger partial charge in [-0.1, -0.05) is 5.16 Å². The average molecular weight is 186 g/mol. The van der Waals surface area contributed by atoms with E-state index in [1.54, 1.807) is 6.92 Å². The Kier molecular flexibility index (Phi) is 3.70. The van der Waals surface area contributed by atoms with E-state index in [1.165, 1.54) is 0 Å². The standard InChI is InChI=1S/C8H14N2O3/c1-2-13-8(11)7-5-6(10-12)3-4-9-7/h7,9,12H,2-5H2,1H3/b10-6+. The van der Waals surface area contributed by atoms with E-state index in [1.807, 2.05) is 0 Å². The number of esters is 1. The smallest absolute Gasteiger partial charge is 0.323 e. The molecule has 1 saturated heterocycles. The minimum Gasteiger partial charge on any atom is -0.465 e. The molecule has 1 fully saturated rings. The van der Waals surface area contributed by atoms with Crippen LogP contribution < -0.4 is 5.32 Å². The number of ether oxygens (including phenoxy) is 1. The number of oxime groups is 1. The molecule has 0 aromatic carbocycles. The lowest BCUT2D eigenvalue weighted by atomic mass is 10.0. The van der Waals surface area contributed by atoms with Gasteiger partial charge in [0.1, 0.15) is 6.04 Å². The highest BCUT2D eigenvalue weighted by Crippen LogP contribution is 2.06. The Morgan fingerprint density at radius 3 is 3.23 bits per heavy atom. The fraction of sp³-hybridized carbons (Fsp3) is 0.750. The molecule has 1 aliphatic heterocycles. The summed E-state index contributed by atoms with van der Waals surface area (Å²) in [5.74, 6) is -0.275. The predicted octanol–water partition coefficient (Wildman–Crippen LogP) is 0.132. The summed E-state index contributed by atoms with van der Waals surface area (Å²) in [4.78, 5) is 11.2. The molecule has 74 valence electrons. The van der Waals surface area contributed by atoms with Gasteiger partial charge in [0, 0.05) is 19.4 Å². The normalized spacial score (nSPS) is 25.9. The molecule has 1 atom stereocenters. The highest BCUT2D eigenvalue weighted by atomic mass is 16.5. The number of nitrogens with one attached hydrogen (secondary N) is 1. The lowest BCUT2D eigenvalue weighted by Gasteiger charge is -2.22. The summed E-state index contributed by atoms with van der Waals surface area (Å²) in [6.07, 6.45) is 1.13. The van der Waals surface area contributed by atoms with Gasteiger partial charge in [-0.3, -0.25) is 4.79 Å². The summed E-state index contributed by atoms with van der Waals surface area (Å²) in [6, 6.07) is -0.348. The molecule has 0 bridgehead atoms. The number of hydrogen-bond donors (Lipinski definition) is 2. The van der Waals surface area contributed by atoms with E-state index in [0.29, 0.717) is 31.7 Å². The van der Waals surface area contributed by atoms with E-state index in [-0.39, 0.29) is 12.0 Å². The summed E-state index contributed by atoms with van der Waals surface area (Å²) in [5.41, 5.74) is 0.650. The minimum atomic E-state index is -0.348. The van der Waals surface area contributed by atoms with E-state index in [4.69, 9.17) is 9.94 Å². The number of carbonyl (C=O) groups excluding carboxylic acids is 1. The molecule has 5 heteroatoms. The second-order valence-corrected chi connectivity index (χ2v) is 2.88. The van der Waals surface area contributed by atoms with Crippen molar-refractivity contribution in [2.45, 2.75) is 25.8 Å². The molecule has 13 heavy (non-hydrogen) atoms. The monoisotopic (exact) mass is 186 g/mol. The first kappa shape index (κ1) is 9.98. The molecule has 1 rings (SSSR count). The lowest BCUT2D eigenvalue weighted by molar-refractivity contribution is -0.145. The third-order valence-electron chi connectivity index (χ3n) is 1.96. The van der Waals surface area contributed by atoms with Crippen LogP contribution in [0.1, 0.15) is 19.8 Å². The van der Waals surface area contributed by atoms with Crippen LogP contribution in [0.15, 0.2) is 5.16 Å². The maximum Gasteiger partial charge on any atom is 0.323 e. The Balaban J connectivity index is 2.46. The number of rotatable bonds is 2. The quantitative estimate of drug-likeness (QED) is 0.365. The van der Waals surface area contributed by atoms with Gasteiger partial charge in [0.25, 0.3) is 0 Å². The molecular formula is C8H14N2O3. The van der Waals surface area contributed by atoms with E-state index >= 15 is 0 Å². The fourth-order valence-electron chi connectivity index (χ4n) is 1.30. The van der Waals surface area contributed by atoms with Gasteiger partial charge in [0.2, 0.25) is 0 Å². The Bertz CT molecular complexity index is 215. The summed E-state index contributed by atoms with van der Waals surface area (Å²) in [5, 5.41) is 14.6. The lowest BCUT2D eigenvalue weighted by Crippen LogP contribution is -2.44. The number of piperidine rings is 1. The third-order valence-corrected chi connectivity index (χ3v) is 1.96. The topological polar surface area (TPSA) is 70.9 Å². The zero-order valence-corrected chi connectivity index (χ0v) is 7.62. The second kappa shape index (κ2) is 4.81. The van der Waals surface area contributed by atoms with Crippen LogP contribution >= 0.6 is 0 Å². The molecule has 0 aliphatic carbocycles. The van der Waals surface area contributed by atoms with Gasteiger partial charge in [0.15, 0.2) is 0 Å². The first-order chi connectivity index (χ1) is 6.27. The maximum absolute atomic E-state index is 11.2. The van der Waals surface area contributed by atoms with Crippen molar-refractivity contribution >= 4 is 11.7 Å². The number of carbonyl (C=O) groups is 1. The Labute approximate surface area is 76.8 Å². The Hall–Kier alpha value is -1.10. The van der Waals surface area contributed by atoms with Crippen molar-refractivity contribution in [2.24, 2.45) is 5.16 Å². The largest absolute Gasteiger partial charge is 0.465 e. The van der Waals surface area contributed by atoms with Gasteiger partial charge in [0.05, 0.1) is 12.3 Å². The first-order valence-corrected chi connectivity index (χ1v) is 4.37. The van der Waals surface area contributed by atoms with Crippen molar-refractivity contribution in [3.05, 3.63) is 0 Å². The van der Waals surface area contributed by atoms with Gasteiger partial charge in [-0.05, 0) is 6.92 Å². The average Bonchev–Trinajstić information content (AvgIpc) is 2.18. The Morgan fingerprint density at radius 2 is 2.62 bits per heavy atom. The first-order valence-electron chi connectivity index (χ1n) is 4.37. The molecule has 0 aromatic rings. The number of hydrogen-bond acceptors (Lipinski definition) is 5. The number of nitrogens with zero attached hydrogens (tertiary/aromatic N) is 1. The van der Waals surface area contributed by atoms with Crippen LogP contribution in [0.5, 0.6) is 0 Å². The zero-order valence-electron chi connectivity index (χ0n) is 7.62. The van der Waals surface area contributed by atoms with Crippen LogP contribution in [0.25, 0.3) is 0 Å². The summed E-state index contributed by atoms with van der Waals surface area (Å²) in [7, 11) is 0. The highest BCUT2D eigenvalue weighted by Gasteiger charge is 2.25. The molecule has 0 aromatic heterocycles. The van der Waals surface area contributed by atoms with E-state index in [9.17, 15) is 4.79 Å². The molecule has 0 radical (unpaired) electrons. The van der Waals surface area contributed by atoms with Crippen LogP contribution in [0.3, 0.4) is 0 Å². The van der Waals surface area contributed by atoms with Crippen molar-refractivity contribution in [1.82, 2.24) is 5.32 Å². The van der Waals surface area contributed by atoms with Crippen molar-refractivity contribution in [3.63, 3.8) is 0 Å². The van der Waals surface area contributed by atoms with Crippen LogP contribution in [-0.4, -0.2) is 36.1 Å². The predicted molar refractivity (Wildman–Crippen MR) is 46.9 cm³/mol. The van der Waals surface area contributed by atoms with Gasteiger partial charge in [-0.2, -0.15) is 0 Å². The summed E-state index contributed by atoms with van der Waals surface area (Å²) >= 11 is 0. The molecule has 1 unspecified atom stereocenters. The van der Waals surface area contributed by atoms with Crippen LogP contribution in [-0.2, 0) is 9.53 Å². The van der Waals surface area contributed by atoms with Crippen molar-refractivity contribution < 1.29 is 14.7 Å². The minimum absolute atomic E-state index is 0.275. The molecule has 0 spiro atoms. The van der Waals surface area contributed by atoms with Crippen LogP contribution in [0, 0.1) is 0 Å². The van der Waals surface area contributed by atoms with E-state index < -0.39 is 0 Å². The molecule has 0 saturated carbocycles. The molecule has 1 aliphatic rings. The van der Waals surface area contributed by atoms with Crippen molar-refractivity contribution in [3.8, 4) is 0 Å². The molecule has 5 nitrogen and oxygen atoms in total. The zero-order chi connectivity index (χ0) is 9.68. The molecule has 1 heterocycles. The van der Waals surface area contributed by atoms with Crippen molar-refractivity contribution in [2.75, 3.05) is 13.2 Å². The van der Waals surface area contributed by atoms with Crippen LogP contribution in [0.2, 0.25) is 0 Å². The SMILES string of the molecule is CCOC(=O)C1C/C(=N/O)CCN1. The van der Waals surface area contributed by atoms with E-state index in [2.05, 4.69) is 10.5 Å². The van der Waals surface area contributed by atoms with Gasteiger partial charge >= 0.3 is 5.97 Å². The summed E-state index contributed by atoms with van der Waals surface area (Å²) in [6.45, 7) is 2.80. The van der Waals surface area contributed by atoms with E-state index in [0.717, 1.165) is 0 Å². The van der Waals surface area contributed by atoms with Crippen LogP contribution in [0.4, 0.5) is 0 Å². The maximum atomic E-state index is 11.2.